The van der Waals surface area contributed by atoms with E-state index >= 15 is 0 Å². The third-order valence-electron chi connectivity index (χ3n) is 2.26. The lowest BCUT2D eigenvalue weighted by Gasteiger charge is -2.01. The molecule has 82 valence electrons. The number of carbonyl (C=O) groups excluding carboxylic acids is 1. The molecule has 0 radical (unpaired) electrons. The van der Waals surface area contributed by atoms with E-state index in [4.69, 9.17) is 0 Å². The summed E-state index contributed by atoms with van der Waals surface area (Å²) in [7, 11) is 1.83. The first-order valence-electron chi connectivity index (χ1n) is 5.13. The highest BCUT2D eigenvalue weighted by atomic mass is 19.1. The second kappa shape index (κ2) is 6.30. The van der Waals surface area contributed by atoms with Crippen LogP contribution in [0, 0.1) is 5.82 Å². The monoisotopic (exact) mass is 209 g/mol. The zero-order valence-corrected chi connectivity index (χ0v) is 8.92. The molecule has 0 aliphatic heterocycles. The highest BCUT2D eigenvalue weighted by molar-refractivity contribution is 5.78. The van der Waals surface area contributed by atoms with Crippen molar-refractivity contribution in [2.24, 2.45) is 0 Å². The highest BCUT2D eigenvalue weighted by Crippen LogP contribution is 2.06. The number of Topliss-reactive ketones (excluding diaryl/α,β-unsaturated/α-hetero) is 1. The van der Waals surface area contributed by atoms with Crippen LogP contribution in [0.4, 0.5) is 4.39 Å². The Bertz CT molecular complexity index is 308. The van der Waals surface area contributed by atoms with Crippen molar-refractivity contribution in [2.45, 2.75) is 19.3 Å². The van der Waals surface area contributed by atoms with Crippen LogP contribution in [0.3, 0.4) is 0 Å². The Morgan fingerprint density at radius 3 is 2.53 bits per heavy atom. The quantitative estimate of drug-likeness (QED) is 0.775. The summed E-state index contributed by atoms with van der Waals surface area (Å²) < 4.78 is 12.6. The van der Waals surface area contributed by atoms with Crippen molar-refractivity contribution in [3.8, 4) is 0 Å². The SMILES string of the molecule is CNCCC(=O)CCc1ccc(F)cc1. The first kappa shape index (κ1) is 11.9. The number of benzene rings is 1. The number of nitrogens with one attached hydrogen (secondary N) is 1. The lowest BCUT2D eigenvalue weighted by Crippen LogP contribution is -2.13. The Morgan fingerprint density at radius 1 is 1.27 bits per heavy atom. The summed E-state index contributed by atoms with van der Waals surface area (Å²) in [5, 5.41) is 2.93. The van der Waals surface area contributed by atoms with Crippen molar-refractivity contribution in [2.75, 3.05) is 13.6 Å². The van der Waals surface area contributed by atoms with Crippen LogP contribution in [0.1, 0.15) is 18.4 Å². The van der Waals surface area contributed by atoms with Gasteiger partial charge in [-0.15, -0.1) is 0 Å². The van der Waals surface area contributed by atoms with E-state index in [2.05, 4.69) is 5.32 Å². The molecule has 1 N–H and O–H groups in total. The predicted molar refractivity (Wildman–Crippen MR) is 58.3 cm³/mol. The maximum Gasteiger partial charge on any atom is 0.134 e. The number of aryl methyl sites for hydroxylation is 1. The Morgan fingerprint density at radius 2 is 1.93 bits per heavy atom. The number of ketones is 1. The van der Waals surface area contributed by atoms with Gasteiger partial charge in [-0.2, -0.15) is 0 Å². The molecule has 0 aliphatic rings. The van der Waals surface area contributed by atoms with E-state index in [1.807, 2.05) is 7.05 Å². The third-order valence-corrected chi connectivity index (χ3v) is 2.26. The zero-order chi connectivity index (χ0) is 11.1. The second-order valence-electron chi connectivity index (χ2n) is 3.52. The van der Waals surface area contributed by atoms with Crippen LogP contribution in [0.2, 0.25) is 0 Å². The van der Waals surface area contributed by atoms with E-state index in [0.29, 0.717) is 19.3 Å². The van der Waals surface area contributed by atoms with Crippen LogP contribution in [-0.2, 0) is 11.2 Å². The first-order valence-corrected chi connectivity index (χ1v) is 5.13. The molecule has 3 heteroatoms. The van der Waals surface area contributed by atoms with Gasteiger partial charge in [0.1, 0.15) is 11.6 Å². The van der Waals surface area contributed by atoms with Crippen molar-refractivity contribution in [3.05, 3.63) is 35.6 Å². The molecule has 0 heterocycles. The molecular formula is C12H16FNO. The second-order valence-corrected chi connectivity index (χ2v) is 3.52. The van der Waals surface area contributed by atoms with Gasteiger partial charge < -0.3 is 5.32 Å². The topological polar surface area (TPSA) is 29.1 Å². The Hall–Kier alpha value is -1.22. The minimum Gasteiger partial charge on any atom is -0.319 e. The van der Waals surface area contributed by atoms with E-state index < -0.39 is 0 Å². The van der Waals surface area contributed by atoms with E-state index in [1.54, 1.807) is 12.1 Å². The van der Waals surface area contributed by atoms with Crippen molar-refractivity contribution < 1.29 is 9.18 Å². The van der Waals surface area contributed by atoms with Crippen LogP contribution in [0.15, 0.2) is 24.3 Å². The molecule has 15 heavy (non-hydrogen) atoms. The Labute approximate surface area is 89.5 Å². The molecule has 0 atom stereocenters. The zero-order valence-electron chi connectivity index (χ0n) is 8.92. The molecule has 1 aromatic carbocycles. The summed E-state index contributed by atoms with van der Waals surface area (Å²) in [4.78, 5) is 11.3. The molecule has 1 aromatic rings. The molecule has 0 fully saturated rings. The van der Waals surface area contributed by atoms with E-state index in [1.165, 1.54) is 12.1 Å². The maximum absolute atomic E-state index is 12.6. The maximum atomic E-state index is 12.6. The van der Waals surface area contributed by atoms with E-state index in [9.17, 15) is 9.18 Å². The van der Waals surface area contributed by atoms with Gasteiger partial charge in [0.2, 0.25) is 0 Å². The predicted octanol–water partition coefficient (Wildman–Crippen LogP) is 1.94. The molecule has 0 amide bonds. The van der Waals surface area contributed by atoms with Crippen molar-refractivity contribution >= 4 is 5.78 Å². The van der Waals surface area contributed by atoms with Crippen molar-refractivity contribution in [1.29, 1.82) is 0 Å². The standard InChI is InChI=1S/C12H16FNO/c1-14-9-8-12(15)7-4-10-2-5-11(13)6-3-10/h2-3,5-6,14H,4,7-9H2,1H3. The van der Waals surface area contributed by atoms with Crippen LogP contribution in [0.25, 0.3) is 0 Å². The molecule has 0 spiro atoms. The molecule has 0 aliphatic carbocycles. The van der Waals surface area contributed by atoms with Gasteiger partial charge in [0.25, 0.3) is 0 Å². The summed E-state index contributed by atoms with van der Waals surface area (Å²) in [6, 6.07) is 6.29. The van der Waals surface area contributed by atoms with Crippen molar-refractivity contribution in [1.82, 2.24) is 5.32 Å². The lowest BCUT2D eigenvalue weighted by atomic mass is 10.1. The first-order chi connectivity index (χ1) is 7.22. The largest absolute Gasteiger partial charge is 0.319 e. The van der Waals surface area contributed by atoms with Crippen LogP contribution >= 0.6 is 0 Å². The number of halogens is 1. The van der Waals surface area contributed by atoms with Gasteiger partial charge in [0, 0.05) is 19.4 Å². The minimum atomic E-state index is -0.236. The van der Waals surface area contributed by atoms with E-state index in [0.717, 1.165) is 12.1 Å². The molecule has 0 aromatic heterocycles. The molecule has 0 unspecified atom stereocenters. The third kappa shape index (κ3) is 4.70. The fraction of sp³-hybridized carbons (Fsp3) is 0.417. The van der Waals surface area contributed by atoms with Gasteiger partial charge >= 0.3 is 0 Å². The fourth-order valence-electron chi connectivity index (χ4n) is 1.32. The normalized spacial score (nSPS) is 10.3. The van der Waals surface area contributed by atoms with Gasteiger partial charge in [-0.1, -0.05) is 12.1 Å². The number of rotatable bonds is 6. The minimum absolute atomic E-state index is 0.236. The summed E-state index contributed by atoms with van der Waals surface area (Å²) in [5.74, 6) is 0.00827. The number of hydrogen-bond donors (Lipinski definition) is 1. The van der Waals surface area contributed by atoms with Gasteiger partial charge in [-0.05, 0) is 31.2 Å². The molecular weight excluding hydrogens is 193 g/mol. The van der Waals surface area contributed by atoms with Gasteiger partial charge in [-0.3, -0.25) is 4.79 Å². The van der Waals surface area contributed by atoms with E-state index in [-0.39, 0.29) is 11.6 Å². The smallest absolute Gasteiger partial charge is 0.134 e. The van der Waals surface area contributed by atoms with Gasteiger partial charge in [0.05, 0.1) is 0 Å². The molecule has 2 nitrogen and oxygen atoms in total. The lowest BCUT2D eigenvalue weighted by molar-refractivity contribution is -0.118. The summed E-state index contributed by atoms with van der Waals surface area (Å²) >= 11 is 0. The Balaban J connectivity index is 2.30. The van der Waals surface area contributed by atoms with Crippen molar-refractivity contribution in [3.63, 3.8) is 0 Å². The summed E-state index contributed by atoms with van der Waals surface area (Å²) in [5.41, 5.74) is 1.01. The van der Waals surface area contributed by atoms with Gasteiger partial charge in [0.15, 0.2) is 0 Å². The molecule has 1 rings (SSSR count). The van der Waals surface area contributed by atoms with Gasteiger partial charge in [-0.25, -0.2) is 4.39 Å². The molecule has 0 saturated heterocycles. The van der Waals surface area contributed by atoms with Crippen LogP contribution in [0.5, 0.6) is 0 Å². The molecule has 0 saturated carbocycles. The van der Waals surface area contributed by atoms with Crippen LogP contribution in [-0.4, -0.2) is 19.4 Å². The van der Waals surface area contributed by atoms with Crippen LogP contribution < -0.4 is 5.32 Å². The number of hydrogen-bond acceptors (Lipinski definition) is 2. The fourth-order valence-corrected chi connectivity index (χ4v) is 1.32. The summed E-state index contributed by atoms with van der Waals surface area (Å²) in [6.07, 6.45) is 1.80. The highest BCUT2D eigenvalue weighted by Gasteiger charge is 2.01. The average molecular weight is 209 g/mol. The average Bonchev–Trinajstić information content (AvgIpc) is 2.25. The Kier molecular flexibility index (Phi) is 4.98. The summed E-state index contributed by atoms with van der Waals surface area (Å²) in [6.45, 7) is 0.724. The molecule has 0 bridgehead atoms. The number of carbonyl (C=O) groups is 1.